The van der Waals surface area contributed by atoms with Gasteiger partial charge in [0.15, 0.2) is 0 Å². The number of hydrogen-bond donors (Lipinski definition) is 2. The molecular formula is C17H27N3O. The summed E-state index contributed by atoms with van der Waals surface area (Å²) in [7, 11) is 0. The van der Waals surface area contributed by atoms with Crippen LogP contribution < -0.4 is 11.1 Å². The fourth-order valence-electron chi connectivity index (χ4n) is 2.97. The van der Waals surface area contributed by atoms with Crippen LogP contribution in [0.4, 0.5) is 5.69 Å². The normalized spacial score (nSPS) is 22.7. The summed E-state index contributed by atoms with van der Waals surface area (Å²) in [4.78, 5) is 14.4. The average Bonchev–Trinajstić information content (AvgIpc) is 2.79. The topological polar surface area (TPSA) is 58.4 Å². The summed E-state index contributed by atoms with van der Waals surface area (Å²) in [6.07, 6.45) is 1.09. The van der Waals surface area contributed by atoms with Gasteiger partial charge in [-0.2, -0.15) is 0 Å². The summed E-state index contributed by atoms with van der Waals surface area (Å²) in [5.41, 5.74) is 7.85. The van der Waals surface area contributed by atoms with Crippen LogP contribution in [0.15, 0.2) is 24.3 Å². The Morgan fingerprint density at radius 3 is 2.86 bits per heavy atom. The van der Waals surface area contributed by atoms with E-state index in [9.17, 15) is 4.79 Å². The van der Waals surface area contributed by atoms with Gasteiger partial charge in [-0.25, -0.2) is 0 Å². The second-order valence-electron chi connectivity index (χ2n) is 6.44. The molecule has 3 N–H and O–H groups in total. The largest absolute Gasteiger partial charge is 0.330 e. The Labute approximate surface area is 127 Å². The minimum atomic E-state index is 0.0560. The van der Waals surface area contributed by atoms with Crippen molar-refractivity contribution in [3.63, 3.8) is 0 Å². The van der Waals surface area contributed by atoms with Gasteiger partial charge >= 0.3 is 0 Å². The molecule has 1 aromatic rings. The molecule has 21 heavy (non-hydrogen) atoms. The summed E-state index contributed by atoms with van der Waals surface area (Å²) in [5.74, 6) is 1.04. The van der Waals surface area contributed by atoms with Gasteiger partial charge in [0.1, 0.15) is 0 Å². The zero-order valence-electron chi connectivity index (χ0n) is 13.3. The highest BCUT2D eigenvalue weighted by atomic mass is 16.2. The third kappa shape index (κ3) is 4.29. The predicted molar refractivity (Wildman–Crippen MR) is 87.4 cm³/mol. The van der Waals surface area contributed by atoms with Gasteiger partial charge in [-0.15, -0.1) is 0 Å². The van der Waals surface area contributed by atoms with Crippen LogP contribution in [0.1, 0.15) is 38.7 Å². The molecule has 2 atom stereocenters. The van der Waals surface area contributed by atoms with Crippen LogP contribution in [0.2, 0.25) is 0 Å². The van der Waals surface area contributed by atoms with Crippen molar-refractivity contribution < 1.29 is 4.79 Å². The lowest BCUT2D eigenvalue weighted by molar-refractivity contribution is -0.117. The molecule has 1 amide bonds. The van der Waals surface area contributed by atoms with Crippen LogP contribution >= 0.6 is 0 Å². The van der Waals surface area contributed by atoms with Gasteiger partial charge in [-0.05, 0) is 49.4 Å². The number of carbonyl (C=O) groups is 1. The SMILES string of the molecule is CC(C)c1cccc(NC(=O)CN2CC(CN)CC2C)c1. The van der Waals surface area contributed by atoms with Crippen molar-refractivity contribution in [2.75, 3.05) is 25.0 Å². The quantitative estimate of drug-likeness (QED) is 0.875. The zero-order chi connectivity index (χ0) is 15.4. The number of nitrogens with zero attached hydrogens (tertiary/aromatic N) is 1. The Bertz CT molecular complexity index is 487. The maximum Gasteiger partial charge on any atom is 0.238 e. The molecule has 1 aliphatic rings. The van der Waals surface area contributed by atoms with Crippen molar-refractivity contribution >= 4 is 11.6 Å². The van der Waals surface area contributed by atoms with Crippen molar-refractivity contribution in [2.24, 2.45) is 11.7 Å². The monoisotopic (exact) mass is 289 g/mol. The van der Waals surface area contributed by atoms with E-state index in [2.05, 4.69) is 43.1 Å². The Hall–Kier alpha value is -1.39. The van der Waals surface area contributed by atoms with Gasteiger partial charge in [0.25, 0.3) is 0 Å². The van der Waals surface area contributed by atoms with Gasteiger partial charge in [-0.3, -0.25) is 9.69 Å². The molecule has 2 unspecified atom stereocenters. The highest BCUT2D eigenvalue weighted by Gasteiger charge is 2.29. The summed E-state index contributed by atoms with van der Waals surface area (Å²) < 4.78 is 0. The van der Waals surface area contributed by atoms with Crippen molar-refractivity contribution in [3.8, 4) is 0 Å². The number of likely N-dealkylation sites (tertiary alicyclic amines) is 1. The third-order valence-electron chi connectivity index (χ3n) is 4.31. The maximum absolute atomic E-state index is 12.2. The fraction of sp³-hybridized carbons (Fsp3) is 0.588. The third-order valence-corrected chi connectivity index (χ3v) is 4.31. The molecule has 1 aliphatic heterocycles. The number of nitrogens with one attached hydrogen (secondary N) is 1. The molecule has 1 heterocycles. The van der Waals surface area contributed by atoms with E-state index >= 15 is 0 Å². The van der Waals surface area contributed by atoms with Crippen LogP contribution in [-0.4, -0.2) is 36.5 Å². The van der Waals surface area contributed by atoms with Gasteiger partial charge < -0.3 is 11.1 Å². The maximum atomic E-state index is 12.2. The van der Waals surface area contributed by atoms with E-state index in [1.165, 1.54) is 5.56 Å². The summed E-state index contributed by atoms with van der Waals surface area (Å²) >= 11 is 0. The van der Waals surface area contributed by atoms with Crippen molar-refractivity contribution in [3.05, 3.63) is 29.8 Å². The Kier molecular flexibility index (Phi) is 5.37. The van der Waals surface area contributed by atoms with Gasteiger partial charge in [0.05, 0.1) is 6.54 Å². The molecule has 0 aromatic heterocycles. The lowest BCUT2D eigenvalue weighted by Gasteiger charge is -2.20. The Morgan fingerprint density at radius 1 is 1.48 bits per heavy atom. The molecule has 0 saturated carbocycles. The second kappa shape index (κ2) is 7.05. The number of rotatable bonds is 5. The molecule has 0 aliphatic carbocycles. The predicted octanol–water partition coefficient (Wildman–Crippen LogP) is 2.42. The van der Waals surface area contributed by atoms with E-state index in [1.54, 1.807) is 0 Å². The molecule has 0 spiro atoms. The fourth-order valence-corrected chi connectivity index (χ4v) is 2.97. The smallest absolute Gasteiger partial charge is 0.238 e. The number of benzene rings is 1. The lowest BCUT2D eigenvalue weighted by Crippen LogP contribution is -2.36. The number of anilines is 1. The van der Waals surface area contributed by atoms with E-state index in [4.69, 9.17) is 5.73 Å². The molecular weight excluding hydrogens is 262 g/mol. The Balaban J connectivity index is 1.91. The van der Waals surface area contributed by atoms with Crippen LogP contribution in [0.5, 0.6) is 0 Å². The number of hydrogen-bond acceptors (Lipinski definition) is 3. The molecule has 0 radical (unpaired) electrons. The zero-order valence-corrected chi connectivity index (χ0v) is 13.3. The molecule has 1 fully saturated rings. The van der Waals surface area contributed by atoms with Crippen molar-refractivity contribution in [1.29, 1.82) is 0 Å². The molecule has 4 nitrogen and oxygen atoms in total. The minimum absolute atomic E-state index is 0.0560. The van der Waals surface area contributed by atoms with E-state index in [-0.39, 0.29) is 5.91 Å². The molecule has 4 heteroatoms. The molecule has 1 aromatic carbocycles. The highest BCUT2D eigenvalue weighted by molar-refractivity contribution is 5.92. The van der Waals surface area contributed by atoms with Gasteiger partial charge in [-0.1, -0.05) is 26.0 Å². The van der Waals surface area contributed by atoms with E-state index in [0.29, 0.717) is 31.0 Å². The van der Waals surface area contributed by atoms with E-state index in [0.717, 1.165) is 18.7 Å². The first-order chi connectivity index (χ1) is 9.99. The van der Waals surface area contributed by atoms with Gasteiger partial charge in [0, 0.05) is 18.3 Å². The molecule has 1 saturated heterocycles. The summed E-state index contributed by atoms with van der Waals surface area (Å²) in [6.45, 7) is 8.56. The minimum Gasteiger partial charge on any atom is -0.330 e. The van der Waals surface area contributed by atoms with Gasteiger partial charge in [0.2, 0.25) is 5.91 Å². The first-order valence-electron chi connectivity index (χ1n) is 7.83. The average molecular weight is 289 g/mol. The van der Waals surface area contributed by atoms with Crippen LogP contribution in [0.3, 0.4) is 0 Å². The standard InChI is InChI=1S/C17H27N3O/c1-12(2)15-5-4-6-16(8-15)19-17(21)11-20-10-14(9-18)7-13(20)3/h4-6,8,12-14H,7,9-11,18H2,1-3H3,(H,19,21). The Morgan fingerprint density at radius 2 is 2.24 bits per heavy atom. The molecule has 2 rings (SSSR count). The van der Waals surface area contributed by atoms with Crippen molar-refractivity contribution in [2.45, 2.75) is 39.2 Å². The highest BCUT2D eigenvalue weighted by Crippen LogP contribution is 2.22. The number of amides is 1. The summed E-state index contributed by atoms with van der Waals surface area (Å²) in [6, 6.07) is 8.52. The first kappa shape index (κ1) is 16.0. The van der Waals surface area contributed by atoms with E-state index < -0.39 is 0 Å². The van der Waals surface area contributed by atoms with Crippen LogP contribution in [0.25, 0.3) is 0 Å². The second-order valence-corrected chi connectivity index (χ2v) is 6.44. The summed E-state index contributed by atoms with van der Waals surface area (Å²) in [5, 5.41) is 3.01. The van der Waals surface area contributed by atoms with Crippen molar-refractivity contribution in [1.82, 2.24) is 4.90 Å². The number of carbonyl (C=O) groups excluding carboxylic acids is 1. The lowest BCUT2D eigenvalue weighted by atomic mass is 10.0. The number of nitrogens with two attached hydrogens (primary N) is 1. The van der Waals surface area contributed by atoms with Crippen LogP contribution in [0, 0.1) is 5.92 Å². The van der Waals surface area contributed by atoms with Crippen LogP contribution in [-0.2, 0) is 4.79 Å². The molecule has 0 bridgehead atoms. The molecule has 116 valence electrons. The van der Waals surface area contributed by atoms with E-state index in [1.807, 2.05) is 12.1 Å². The first-order valence-corrected chi connectivity index (χ1v) is 7.83.